The second kappa shape index (κ2) is 7.26. The number of likely N-dealkylation sites (N-methyl/N-ethyl adjacent to an activating group) is 1. The van der Waals surface area contributed by atoms with Crippen LogP contribution in [-0.2, 0) is 10.3 Å². The minimum absolute atomic E-state index is 0.336. The van der Waals surface area contributed by atoms with Crippen molar-refractivity contribution in [2.75, 3.05) is 19.6 Å². The zero-order chi connectivity index (χ0) is 14.3. The molecule has 0 aliphatic heterocycles. The standard InChI is InChI=1S/C15H24N2O2/c1-3-5-11-17(4-2)12-15(16,14(18)19)13-9-7-6-8-10-13/h6-10H,3-5,11-12,16H2,1-2H3,(H,18,19). The number of rotatable bonds is 8. The number of nitrogens with zero attached hydrogens (tertiary/aromatic N) is 1. The number of carboxylic acid groups (broad SMARTS) is 1. The number of hydrogen-bond acceptors (Lipinski definition) is 3. The van der Waals surface area contributed by atoms with Crippen LogP contribution in [0.4, 0.5) is 0 Å². The van der Waals surface area contributed by atoms with E-state index in [1.165, 1.54) is 0 Å². The zero-order valence-corrected chi connectivity index (χ0v) is 11.8. The molecular formula is C15H24N2O2. The van der Waals surface area contributed by atoms with E-state index in [-0.39, 0.29) is 0 Å². The van der Waals surface area contributed by atoms with Crippen LogP contribution in [-0.4, -0.2) is 35.6 Å². The van der Waals surface area contributed by atoms with E-state index in [0.29, 0.717) is 12.1 Å². The molecule has 4 nitrogen and oxygen atoms in total. The minimum atomic E-state index is -1.34. The van der Waals surface area contributed by atoms with E-state index in [4.69, 9.17) is 5.73 Å². The van der Waals surface area contributed by atoms with Crippen LogP contribution in [0.3, 0.4) is 0 Å². The predicted molar refractivity (Wildman–Crippen MR) is 77.0 cm³/mol. The highest BCUT2D eigenvalue weighted by molar-refractivity contribution is 5.80. The maximum absolute atomic E-state index is 11.6. The van der Waals surface area contributed by atoms with Gasteiger partial charge in [-0.25, -0.2) is 4.79 Å². The van der Waals surface area contributed by atoms with E-state index in [2.05, 4.69) is 11.8 Å². The van der Waals surface area contributed by atoms with Gasteiger partial charge in [-0.3, -0.25) is 0 Å². The molecule has 1 aromatic carbocycles. The van der Waals surface area contributed by atoms with Gasteiger partial charge in [0, 0.05) is 6.54 Å². The van der Waals surface area contributed by atoms with E-state index in [0.717, 1.165) is 25.9 Å². The summed E-state index contributed by atoms with van der Waals surface area (Å²) in [5, 5.41) is 9.50. The Bertz CT molecular complexity index is 394. The van der Waals surface area contributed by atoms with Gasteiger partial charge in [0.2, 0.25) is 0 Å². The number of carbonyl (C=O) groups is 1. The second-order valence-electron chi connectivity index (χ2n) is 4.86. The minimum Gasteiger partial charge on any atom is -0.480 e. The summed E-state index contributed by atoms with van der Waals surface area (Å²) in [5.74, 6) is -0.978. The summed E-state index contributed by atoms with van der Waals surface area (Å²) in [6.07, 6.45) is 2.14. The van der Waals surface area contributed by atoms with Crippen molar-refractivity contribution in [2.45, 2.75) is 32.2 Å². The average molecular weight is 264 g/mol. The first-order valence-corrected chi connectivity index (χ1v) is 6.84. The Morgan fingerprint density at radius 3 is 2.42 bits per heavy atom. The fourth-order valence-corrected chi connectivity index (χ4v) is 2.10. The van der Waals surface area contributed by atoms with Gasteiger partial charge < -0.3 is 15.7 Å². The molecule has 0 amide bonds. The zero-order valence-electron chi connectivity index (χ0n) is 11.8. The van der Waals surface area contributed by atoms with E-state index in [1.807, 2.05) is 25.1 Å². The molecule has 0 heterocycles. The molecule has 1 rings (SSSR count). The molecule has 1 atom stereocenters. The molecule has 3 N–H and O–H groups in total. The molecule has 106 valence electrons. The van der Waals surface area contributed by atoms with Crippen LogP contribution in [0.1, 0.15) is 32.3 Å². The highest BCUT2D eigenvalue weighted by Crippen LogP contribution is 2.20. The lowest BCUT2D eigenvalue weighted by molar-refractivity contribution is -0.144. The molecule has 1 aromatic rings. The second-order valence-corrected chi connectivity index (χ2v) is 4.86. The van der Waals surface area contributed by atoms with Gasteiger partial charge in [-0.15, -0.1) is 0 Å². The fraction of sp³-hybridized carbons (Fsp3) is 0.533. The summed E-state index contributed by atoms with van der Waals surface area (Å²) in [6.45, 7) is 6.18. The van der Waals surface area contributed by atoms with E-state index in [9.17, 15) is 9.90 Å². The normalized spacial score (nSPS) is 14.3. The van der Waals surface area contributed by atoms with Crippen molar-refractivity contribution in [2.24, 2.45) is 5.73 Å². The summed E-state index contributed by atoms with van der Waals surface area (Å²) in [5.41, 5.74) is 5.48. The number of nitrogens with two attached hydrogens (primary N) is 1. The molecule has 0 aliphatic carbocycles. The van der Waals surface area contributed by atoms with Crippen LogP contribution in [0.2, 0.25) is 0 Å². The molecule has 0 saturated carbocycles. The van der Waals surface area contributed by atoms with Crippen molar-refractivity contribution >= 4 is 5.97 Å². The fourth-order valence-electron chi connectivity index (χ4n) is 2.10. The van der Waals surface area contributed by atoms with Gasteiger partial charge in [0.15, 0.2) is 5.54 Å². The topological polar surface area (TPSA) is 66.6 Å². The number of hydrogen-bond donors (Lipinski definition) is 2. The van der Waals surface area contributed by atoms with Gasteiger partial charge in [-0.05, 0) is 25.1 Å². The molecule has 0 aliphatic rings. The number of unbranched alkanes of at least 4 members (excludes halogenated alkanes) is 1. The molecule has 19 heavy (non-hydrogen) atoms. The van der Waals surface area contributed by atoms with Crippen LogP contribution in [0, 0.1) is 0 Å². The summed E-state index contributed by atoms with van der Waals surface area (Å²) < 4.78 is 0. The SMILES string of the molecule is CCCCN(CC)CC(N)(C(=O)O)c1ccccc1. The molecule has 0 aromatic heterocycles. The maximum Gasteiger partial charge on any atom is 0.329 e. The maximum atomic E-state index is 11.6. The summed E-state index contributed by atoms with van der Waals surface area (Å²) in [6, 6.07) is 9.06. The predicted octanol–water partition coefficient (Wildman–Crippen LogP) is 2.05. The average Bonchev–Trinajstić information content (AvgIpc) is 2.43. The van der Waals surface area contributed by atoms with Crippen LogP contribution in [0.25, 0.3) is 0 Å². The Morgan fingerprint density at radius 2 is 1.95 bits per heavy atom. The Labute approximate surface area is 115 Å². The van der Waals surface area contributed by atoms with Crippen molar-refractivity contribution in [3.8, 4) is 0 Å². The molecule has 0 saturated heterocycles. The van der Waals surface area contributed by atoms with Gasteiger partial charge in [-0.1, -0.05) is 50.6 Å². The smallest absolute Gasteiger partial charge is 0.329 e. The third-order valence-electron chi connectivity index (χ3n) is 3.42. The van der Waals surface area contributed by atoms with Crippen LogP contribution in [0.5, 0.6) is 0 Å². The summed E-state index contributed by atoms with van der Waals surface area (Å²) >= 11 is 0. The first kappa shape index (κ1) is 15.7. The molecule has 0 fully saturated rings. The third kappa shape index (κ3) is 4.04. The van der Waals surface area contributed by atoms with Crippen LogP contribution in [0.15, 0.2) is 30.3 Å². The lowest BCUT2D eigenvalue weighted by Crippen LogP contribution is -2.53. The van der Waals surface area contributed by atoms with Crippen molar-refractivity contribution < 1.29 is 9.90 Å². The van der Waals surface area contributed by atoms with Gasteiger partial charge >= 0.3 is 5.97 Å². The molecule has 0 spiro atoms. The lowest BCUT2D eigenvalue weighted by atomic mass is 9.90. The van der Waals surface area contributed by atoms with Crippen LogP contribution >= 0.6 is 0 Å². The Hall–Kier alpha value is -1.39. The molecule has 0 radical (unpaired) electrons. The molecule has 4 heteroatoms. The van der Waals surface area contributed by atoms with Crippen molar-refractivity contribution in [3.63, 3.8) is 0 Å². The van der Waals surface area contributed by atoms with E-state index in [1.54, 1.807) is 12.1 Å². The Balaban J connectivity index is 2.91. The number of aliphatic carboxylic acids is 1. The molecular weight excluding hydrogens is 240 g/mol. The summed E-state index contributed by atoms with van der Waals surface area (Å²) in [7, 11) is 0. The summed E-state index contributed by atoms with van der Waals surface area (Å²) in [4.78, 5) is 13.7. The van der Waals surface area contributed by atoms with E-state index < -0.39 is 11.5 Å². The van der Waals surface area contributed by atoms with E-state index >= 15 is 0 Å². The molecule has 1 unspecified atom stereocenters. The number of benzene rings is 1. The van der Waals surface area contributed by atoms with Crippen molar-refractivity contribution in [1.82, 2.24) is 4.90 Å². The third-order valence-corrected chi connectivity index (χ3v) is 3.42. The van der Waals surface area contributed by atoms with Gasteiger partial charge in [0.1, 0.15) is 0 Å². The Morgan fingerprint density at radius 1 is 1.32 bits per heavy atom. The van der Waals surface area contributed by atoms with Gasteiger partial charge in [0.05, 0.1) is 0 Å². The lowest BCUT2D eigenvalue weighted by Gasteiger charge is -2.32. The molecule has 0 bridgehead atoms. The highest BCUT2D eigenvalue weighted by Gasteiger charge is 2.37. The van der Waals surface area contributed by atoms with Gasteiger partial charge in [-0.2, -0.15) is 0 Å². The van der Waals surface area contributed by atoms with Crippen LogP contribution < -0.4 is 5.73 Å². The first-order chi connectivity index (χ1) is 9.04. The Kier molecular flexibility index (Phi) is 5.99. The monoisotopic (exact) mass is 264 g/mol. The van der Waals surface area contributed by atoms with Crippen molar-refractivity contribution in [1.29, 1.82) is 0 Å². The largest absolute Gasteiger partial charge is 0.480 e. The number of carboxylic acids is 1. The van der Waals surface area contributed by atoms with Crippen molar-refractivity contribution in [3.05, 3.63) is 35.9 Å². The van der Waals surface area contributed by atoms with Gasteiger partial charge in [0.25, 0.3) is 0 Å². The highest BCUT2D eigenvalue weighted by atomic mass is 16.4. The first-order valence-electron chi connectivity index (χ1n) is 6.84. The quantitative estimate of drug-likeness (QED) is 0.754.